The molecule has 0 bridgehead atoms. The van der Waals surface area contributed by atoms with Crippen molar-refractivity contribution in [1.82, 2.24) is 5.32 Å². The summed E-state index contributed by atoms with van der Waals surface area (Å²) >= 11 is 0. The van der Waals surface area contributed by atoms with Crippen molar-refractivity contribution in [3.05, 3.63) is 0 Å². The van der Waals surface area contributed by atoms with E-state index in [2.05, 4.69) is 26.1 Å². The minimum atomic E-state index is 0.512. The molecule has 0 aromatic heterocycles. The van der Waals surface area contributed by atoms with Crippen molar-refractivity contribution in [1.29, 1.82) is 0 Å². The second-order valence-corrected chi connectivity index (χ2v) is 7.83. The summed E-state index contributed by atoms with van der Waals surface area (Å²) in [6.07, 6.45) is 8.32. The van der Waals surface area contributed by atoms with Gasteiger partial charge in [0.1, 0.15) is 0 Å². The maximum atomic E-state index is 5.54. The van der Waals surface area contributed by atoms with Gasteiger partial charge in [0.15, 0.2) is 0 Å². The zero-order chi connectivity index (χ0) is 13.7. The summed E-state index contributed by atoms with van der Waals surface area (Å²) < 4.78 is 5.54. The van der Waals surface area contributed by atoms with Crippen molar-refractivity contribution in [3.8, 4) is 0 Å². The highest BCUT2D eigenvalue weighted by molar-refractivity contribution is 4.81. The third kappa shape index (κ3) is 5.07. The van der Waals surface area contributed by atoms with Crippen LogP contribution in [0.1, 0.15) is 59.3 Å². The Morgan fingerprint density at radius 1 is 0.947 bits per heavy atom. The molecule has 2 rings (SSSR count). The first-order valence-electron chi connectivity index (χ1n) is 8.34. The van der Waals surface area contributed by atoms with Gasteiger partial charge >= 0.3 is 0 Å². The fourth-order valence-electron chi connectivity index (χ4n) is 3.69. The van der Waals surface area contributed by atoms with Crippen LogP contribution in [0, 0.1) is 23.2 Å². The predicted octanol–water partition coefficient (Wildman–Crippen LogP) is 3.86. The Balaban J connectivity index is 1.58. The molecule has 1 aliphatic carbocycles. The number of ether oxygens (including phenoxy) is 1. The maximum Gasteiger partial charge on any atom is 0.0506 e. The van der Waals surface area contributed by atoms with Crippen molar-refractivity contribution in [2.24, 2.45) is 23.2 Å². The highest BCUT2D eigenvalue weighted by Gasteiger charge is 2.29. The monoisotopic (exact) mass is 267 g/mol. The molecule has 2 nitrogen and oxygen atoms in total. The molecule has 0 radical (unpaired) electrons. The third-order valence-corrected chi connectivity index (χ3v) is 5.19. The van der Waals surface area contributed by atoms with Gasteiger partial charge in [-0.3, -0.25) is 0 Å². The quantitative estimate of drug-likeness (QED) is 0.835. The van der Waals surface area contributed by atoms with E-state index >= 15 is 0 Å². The lowest BCUT2D eigenvalue weighted by atomic mass is 9.70. The van der Waals surface area contributed by atoms with E-state index in [0.717, 1.165) is 31.0 Å². The van der Waals surface area contributed by atoms with Crippen molar-refractivity contribution < 1.29 is 4.74 Å². The number of hydrogen-bond acceptors (Lipinski definition) is 2. The van der Waals surface area contributed by atoms with Gasteiger partial charge in [-0.25, -0.2) is 0 Å². The summed E-state index contributed by atoms with van der Waals surface area (Å²) in [5.41, 5.74) is 0.512. The Bertz CT molecular complexity index is 244. The molecule has 2 fully saturated rings. The van der Waals surface area contributed by atoms with E-state index in [1.807, 2.05) is 0 Å². The molecular formula is C17H33NO. The highest BCUT2D eigenvalue weighted by atomic mass is 16.5. The topological polar surface area (TPSA) is 21.3 Å². The largest absolute Gasteiger partial charge is 0.381 e. The molecule has 2 heteroatoms. The average Bonchev–Trinajstić information content (AvgIpc) is 2.39. The van der Waals surface area contributed by atoms with Crippen molar-refractivity contribution in [3.63, 3.8) is 0 Å². The van der Waals surface area contributed by atoms with Crippen LogP contribution in [0.3, 0.4) is 0 Å². The number of rotatable bonds is 4. The summed E-state index contributed by atoms with van der Waals surface area (Å²) in [6.45, 7) is 11.6. The first-order chi connectivity index (χ1) is 9.05. The minimum Gasteiger partial charge on any atom is -0.381 e. The minimum absolute atomic E-state index is 0.512. The summed E-state index contributed by atoms with van der Waals surface area (Å²) in [4.78, 5) is 0. The van der Waals surface area contributed by atoms with Gasteiger partial charge in [-0.1, -0.05) is 20.8 Å². The van der Waals surface area contributed by atoms with Gasteiger partial charge < -0.3 is 10.1 Å². The van der Waals surface area contributed by atoms with Crippen molar-refractivity contribution in [2.75, 3.05) is 26.3 Å². The van der Waals surface area contributed by atoms with E-state index in [0.29, 0.717) is 5.41 Å². The SMILES string of the molecule is CC(C)(C)C1CCC(CNCC2CCCOC2)CC1. The molecule has 1 unspecified atom stereocenters. The smallest absolute Gasteiger partial charge is 0.0506 e. The van der Waals surface area contributed by atoms with E-state index in [1.54, 1.807) is 0 Å². The molecule has 19 heavy (non-hydrogen) atoms. The van der Waals surface area contributed by atoms with E-state index in [1.165, 1.54) is 51.6 Å². The Kier molecular flexibility index (Phi) is 5.70. The van der Waals surface area contributed by atoms with Gasteiger partial charge in [0.05, 0.1) is 6.61 Å². The summed E-state index contributed by atoms with van der Waals surface area (Å²) in [5.74, 6) is 2.62. The van der Waals surface area contributed by atoms with Crippen LogP contribution < -0.4 is 5.32 Å². The summed E-state index contributed by atoms with van der Waals surface area (Å²) in [5, 5.41) is 3.70. The molecule has 1 aliphatic heterocycles. The Morgan fingerprint density at radius 3 is 2.21 bits per heavy atom. The molecule has 0 aromatic carbocycles. The van der Waals surface area contributed by atoms with E-state index in [9.17, 15) is 0 Å². The van der Waals surface area contributed by atoms with Gasteiger partial charge in [0.25, 0.3) is 0 Å². The fraction of sp³-hybridized carbons (Fsp3) is 1.00. The van der Waals surface area contributed by atoms with Gasteiger partial charge in [-0.05, 0) is 68.2 Å². The van der Waals surface area contributed by atoms with E-state index in [4.69, 9.17) is 4.74 Å². The van der Waals surface area contributed by atoms with Crippen molar-refractivity contribution >= 4 is 0 Å². The highest BCUT2D eigenvalue weighted by Crippen LogP contribution is 2.39. The first kappa shape index (κ1) is 15.3. The summed E-state index contributed by atoms with van der Waals surface area (Å²) in [6, 6.07) is 0. The molecule has 0 aromatic rings. The maximum absolute atomic E-state index is 5.54. The van der Waals surface area contributed by atoms with Gasteiger partial charge in [0, 0.05) is 13.2 Å². The van der Waals surface area contributed by atoms with Gasteiger partial charge in [-0.2, -0.15) is 0 Å². The van der Waals surface area contributed by atoms with Crippen molar-refractivity contribution in [2.45, 2.75) is 59.3 Å². The van der Waals surface area contributed by atoms with Gasteiger partial charge in [-0.15, -0.1) is 0 Å². The second-order valence-electron chi connectivity index (χ2n) is 7.83. The Labute approximate surface area is 119 Å². The summed E-state index contributed by atoms with van der Waals surface area (Å²) in [7, 11) is 0. The zero-order valence-corrected chi connectivity index (χ0v) is 13.2. The molecule has 0 amide bonds. The van der Waals surface area contributed by atoms with E-state index in [-0.39, 0.29) is 0 Å². The molecule has 2 aliphatic rings. The molecule has 112 valence electrons. The predicted molar refractivity (Wildman–Crippen MR) is 81.3 cm³/mol. The molecule has 1 saturated heterocycles. The normalized spacial score (nSPS) is 33.3. The lowest BCUT2D eigenvalue weighted by Gasteiger charge is -2.37. The standard InChI is InChI=1S/C17H33NO/c1-17(2,3)16-8-6-14(7-9-16)11-18-12-15-5-4-10-19-13-15/h14-16,18H,4-13H2,1-3H3. The fourth-order valence-corrected chi connectivity index (χ4v) is 3.69. The van der Waals surface area contributed by atoms with E-state index < -0.39 is 0 Å². The molecule has 1 atom stereocenters. The zero-order valence-electron chi connectivity index (χ0n) is 13.2. The van der Waals surface area contributed by atoms with Gasteiger partial charge in [0.2, 0.25) is 0 Å². The molecule has 1 saturated carbocycles. The molecule has 0 spiro atoms. The Morgan fingerprint density at radius 2 is 1.63 bits per heavy atom. The average molecular weight is 267 g/mol. The first-order valence-corrected chi connectivity index (χ1v) is 8.34. The second kappa shape index (κ2) is 7.08. The van der Waals surface area contributed by atoms with Crippen LogP contribution in [-0.2, 0) is 4.74 Å². The third-order valence-electron chi connectivity index (χ3n) is 5.19. The van der Waals surface area contributed by atoms with Crippen LogP contribution in [-0.4, -0.2) is 26.3 Å². The van der Waals surface area contributed by atoms with Crippen LogP contribution in [0.15, 0.2) is 0 Å². The Hall–Kier alpha value is -0.0800. The van der Waals surface area contributed by atoms with Crippen LogP contribution >= 0.6 is 0 Å². The lowest BCUT2D eigenvalue weighted by molar-refractivity contribution is 0.0540. The van der Waals surface area contributed by atoms with Crippen LogP contribution in [0.4, 0.5) is 0 Å². The molecule has 1 heterocycles. The van der Waals surface area contributed by atoms with Crippen LogP contribution in [0.5, 0.6) is 0 Å². The lowest BCUT2D eigenvalue weighted by Crippen LogP contribution is -2.34. The number of hydrogen-bond donors (Lipinski definition) is 1. The molecule has 1 N–H and O–H groups in total. The van der Waals surface area contributed by atoms with Crippen LogP contribution in [0.2, 0.25) is 0 Å². The molecular weight excluding hydrogens is 234 g/mol. The van der Waals surface area contributed by atoms with Crippen LogP contribution in [0.25, 0.3) is 0 Å². The number of nitrogens with one attached hydrogen (secondary N) is 1.